The van der Waals surface area contributed by atoms with Crippen LogP contribution in [0.1, 0.15) is 12.8 Å². The molecule has 1 saturated carbocycles. The highest BCUT2D eigenvalue weighted by atomic mass is 32.2. The molecule has 12 heteroatoms. The highest BCUT2D eigenvalue weighted by molar-refractivity contribution is 7.91. The minimum Gasteiger partial charge on any atom is -0.491 e. The summed E-state index contributed by atoms with van der Waals surface area (Å²) in [6, 6.07) is 3.59. The van der Waals surface area contributed by atoms with Crippen molar-refractivity contribution < 1.29 is 31.3 Å². The summed E-state index contributed by atoms with van der Waals surface area (Å²) in [6.45, 7) is -0.239. The van der Waals surface area contributed by atoms with Crippen LogP contribution >= 0.6 is 0 Å². The monoisotopic (exact) mass is 472 g/mol. The molecule has 1 aliphatic heterocycles. The van der Waals surface area contributed by atoms with Crippen LogP contribution in [0.5, 0.6) is 5.75 Å². The highest BCUT2D eigenvalue weighted by Gasteiger charge is 2.75. The fourth-order valence-corrected chi connectivity index (χ4v) is 4.72. The number of rotatable bonds is 5. The maximum Gasteiger partial charge on any atom is 0.256 e. The molecule has 2 aliphatic rings. The second kappa shape index (κ2) is 7.32. The topological polar surface area (TPSA) is 95.4 Å². The molecule has 7 nitrogen and oxygen atoms in total. The van der Waals surface area contributed by atoms with Gasteiger partial charge in [0.15, 0.2) is 11.6 Å². The second-order valence-electron chi connectivity index (χ2n) is 8.14. The number of nitrogens with zero attached hydrogens (tertiary/aromatic N) is 2. The van der Waals surface area contributed by atoms with Crippen LogP contribution in [0.4, 0.5) is 28.9 Å². The quantitative estimate of drug-likeness (QED) is 0.648. The van der Waals surface area contributed by atoms with Crippen molar-refractivity contribution in [2.24, 2.45) is 5.41 Å². The normalized spacial score (nSPS) is 25.4. The molecule has 0 radical (unpaired) electrons. The number of benzene rings is 1. The lowest BCUT2D eigenvalue weighted by Crippen LogP contribution is -2.40. The van der Waals surface area contributed by atoms with Crippen molar-refractivity contribution in [1.82, 2.24) is 4.98 Å². The Balaban J connectivity index is 1.69. The predicted molar refractivity (Wildman–Crippen MR) is 109 cm³/mol. The van der Waals surface area contributed by atoms with Crippen LogP contribution in [0.15, 0.2) is 35.5 Å². The van der Waals surface area contributed by atoms with Gasteiger partial charge in [0, 0.05) is 31.1 Å². The third-order valence-corrected chi connectivity index (χ3v) is 6.91. The van der Waals surface area contributed by atoms with Gasteiger partial charge in [0.2, 0.25) is 11.7 Å². The molecule has 0 bridgehead atoms. The van der Waals surface area contributed by atoms with Crippen LogP contribution in [0, 0.1) is 21.8 Å². The van der Waals surface area contributed by atoms with E-state index in [4.69, 9.17) is 9.52 Å². The van der Waals surface area contributed by atoms with Crippen LogP contribution < -0.4 is 15.0 Å². The van der Waals surface area contributed by atoms with Crippen molar-refractivity contribution >= 4 is 27.0 Å². The van der Waals surface area contributed by atoms with Crippen LogP contribution in [0.3, 0.4) is 0 Å². The standard InChI is InChI=1S/C20H20F4N4O3S/c1-31-17-13(4-3-12(21)16(17)22)28-10-19(9-20(19,23)24)8-14(28)18(29)27-11-5-6-26-15(7-11)32(2,25)30/h3-7,14,25H,8-10H2,1-2H3,(H,26,27,29)/t14?,19-,32+/m0/s1. The van der Waals surface area contributed by atoms with E-state index >= 15 is 0 Å². The zero-order chi connectivity index (χ0) is 23.5. The second-order valence-corrected chi connectivity index (χ2v) is 10.2. The Morgan fingerprint density at radius 3 is 2.62 bits per heavy atom. The molecule has 1 aliphatic carbocycles. The number of carbonyl (C=O) groups excluding carboxylic acids is 1. The molecule has 1 saturated heterocycles. The van der Waals surface area contributed by atoms with Gasteiger partial charge in [0.25, 0.3) is 5.92 Å². The number of carbonyl (C=O) groups is 1. The number of aromatic nitrogens is 1. The maximum absolute atomic E-state index is 14.3. The first kappa shape index (κ1) is 22.3. The molecular weight excluding hydrogens is 452 g/mol. The lowest BCUT2D eigenvalue weighted by atomic mass is 10.0. The van der Waals surface area contributed by atoms with Gasteiger partial charge in [-0.05, 0) is 30.7 Å². The Morgan fingerprint density at radius 2 is 2.03 bits per heavy atom. The number of anilines is 2. The number of hydrogen-bond acceptors (Lipinski definition) is 6. The van der Waals surface area contributed by atoms with Crippen molar-refractivity contribution in [1.29, 1.82) is 4.78 Å². The number of methoxy groups -OCH3 is 1. The van der Waals surface area contributed by atoms with E-state index in [0.717, 1.165) is 13.2 Å². The van der Waals surface area contributed by atoms with E-state index in [2.05, 4.69) is 10.3 Å². The number of alkyl halides is 2. The third kappa shape index (κ3) is 3.65. The zero-order valence-corrected chi connectivity index (χ0v) is 17.9. The molecule has 1 amide bonds. The summed E-state index contributed by atoms with van der Waals surface area (Å²) in [5.74, 6) is -6.56. The Morgan fingerprint density at radius 1 is 1.34 bits per heavy atom. The number of halogens is 4. The van der Waals surface area contributed by atoms with Crippen LogP contribution in [-0.4, -0.2) is 47.0 Å². The zero-order valence-electron chi connectivity index (χ0n) is 17.1. The number of nitrogens with one attached hydrogen (secondary N) is 2. The molecule has 2 fully saturated rings. The first-order chi connectivity index (χ1) is 14.9. The number of hydrogen-bond donors (Lipinski definition) is 2. The smallest absolute Gasteiger partial charge is 0.256 e. The summed E-state index contributed by atoms with van der Waals surface area (Å²) in [7, 11) is -2.02. The van der Waals surface area contributed by atoms with Crippen LogP contribution in [-0.2, 0) is 14.5 Å². The molecule has 3 atom stereocenters. The average molecular weight is 472 g/mol. The first-order valence-electron chi connectivity index (χ1n) is 9.56. The van der Waals surface area contributed by atoms with Gasteiger partial charge < -0.3 is 15.0 Å². The van der Waals surface area contributed by atoms with Gasteiger partial charge in [0.05, 0.1) is 27.9 Å². The Kier molecular flexibility index (Phi) is 5.11. The summed E-state index contributed by atoms with van der Waals surface area (Å²) >= 11 is 0. The minimum atomic E-state index is -3.14. The molecule has 2 aromatic rings. The van der Waals surface area contributed by atoms with Crippen molar-refractivity contribution in [3.05, 3.63) is 42.1 Å². The Hall–Kier alpha value is -2.89. The lowest BCUT2D eigenvalue weighted by molar-refractivity contribution is -0.117. The molecular formula is C20H20F4N4O3S. The van der Waals surface area contributed by atoms with Crippen molar-refractivity contribution in [3.63, 3.8) is 0 Å². The van der Waals surface area contributed by atoms with Gasteiger partial charge in [-0.2, -0.15) is 4.39 Å². The van der Waals surface area contributed by atoms with E-state index in [1.165, 1.54) is 35.6 Å². The molecule has 1 aromatic carbocycles. The number of ether oxygens (including phenoxy) is 1. The Labute approximate surface area is 181 Å². The van der Waals surface area contributed by atoms with Crippen LogP contribution in [0.2, 0.25) is 0 Å². The fraction of sp³-hybridized carbons (Fsp3) is 0.400. The van der Waals surface area contributed by atoms with E-state index < -0.39 is 56.8 Å². The summed E-state index contributed by atoms with van der Waals surface area (Å²) < 4.78 is 80.8. The van der Waals surface area contributed by atoms with Gasteiger partial charge in [-0.1, -0.05) is 0 Å². The number of pyridine rings is 1. The predicted octanol–water partition coefficient (Wildman–Crippen LogP) is 3.65. The molecule has 172 valence electrons. The molecule has 32 heavy (non-hydrogen) atoms. The largest absolute Gasteiger partial charge is 0.491 e. The van der Waals surface area contributed by atoms with E-state index in [-0.39, 0.29) is 29.4 Å². The van der Waals surface area contributed by atoms with Crippen molar-refractivity contribution in [2.75, 3.05) is 30.1 Å². The third-order valence-electron chi connectivity index (χ3n) is 5.89. The first-order valence-corrected chi connectivity index (χ1v) is 11.5. The van der Waals surface area contributed by atoms with Gasteiger partial charge in [-0.15, -0.1) is 0 Å². The fourth-order valence-electron chi connectivity index (χ4n) is 4.11. The summed E-state index contributed by atoms with van der Waals surface area (Å²) in [4.78, 5) is 18.2. The molecule has 1 unspecified atom stereocenters. The van der Waals surface area contributed by atoms with Gasteiger partial charge in [-0.3, -0.25) is 4.79 Å². The SMILES string of the molecule is COc1c(N2C[C@]3(CC2C(=O)Nc2ccnc([S@](C)(=N)=O)c2)CC3(F)F)ccc(F)c1F. The van der Waals surface area contributed by atoms with Gasteiger partial charge >= 0.3 is 0 Å². The van der Waals surface area contributed by atoms with Gasteiger partial charge in [-0.25, -0.2) is 27.1 Å². The molecule has 2 N–H and O–H groups in total. The molecule has 4 rings (SSSR count). The molecule has 2 heterocycles. The molecule has 1 aromatic heterocycles. The van der Waals surface area contributed by atoms with E-state index in [1.54, 1.807) is 0 Å². The van der Waals surface area contributed by atoms with Gasteiger partial charge in [0.1, 0.15) is 11.1 Å². The minimum absolute atomic E-state index is 0.00993. The maximum atomic E-state index is 14.3. The van der Waals surface area contributed by atoms with E-state index in [1.807, 2.05) is 0 Å². The highest BCUT2D eigenvalue weighted by Crippen LogP contribution is 2.67. The lowest BCUT2D eigenvalue weighted by Gasteiger charge is -2.27. The van der Waals surface area contributed by atoms with Crippen molar-refractivity contribution in [2.45, 2.75) is 29.8 Å². The van der Waals surface area contributed by atoms with Crippen LogP contribution in [0.25, 0.3) is 0 Å². The van der Waals surface area contributed by atoms with E-state index in [0.29, 0.717) is 0 Å². The van der Waals surface area contributed by atoms with Crippen molar-refractivity contribution in [3.8, 4) is 5.75 Å². The Bertz CT molecular complexity index is 1210. The molecule has 1 spiro atoms. The summed E-state index contributed by atoms with van der Waals surface area (Å²) in [6.07, 6.45) is 1.83. The summed E-state index contributed by atoms with van der Waals surface area (Å²) in [5.41, 5.74) is -1.28. The number of amides is 1. The average Bonchev–Trinajstić information content (AvgIpc) is 3.04. The van der Waals surface area contributed by atoms with E-state index in [9.17, 15) is 26.6 Å². The summed E-state index contributed by atoms with van der Waals surface area (Å²) in [5, 5.41) is 2.52.